The van der Waals surface area contributed by atoms with Gasteiger partial charge in [-0.25, -0.2) is 0 Å². The molecule has 1 saturated carbocycles. The lowest BCUT2D eigenvalue weighted by Gasteiger charge is -2.34. The molecule has 1 aliphatic heterocycles. The van der Waals surface area contributed by atoms with Crippen molar-refractivity contribution in [3.63, 3.8) is 0 Å². The molecular formula is C11H18N2O3. The number of nitrogens with zero attached hydrogens (tertiary/aromatic N) is 1. The molecule has 2 rings (SSSR count). The highest BCUT2D eigenvalue weighted by Gasteiger charge is 2.41. The summed E-state index contributed by atoms with van der Waals surface area (Å²) in [6.07, 6.45) is 6.25. The summed E-state index contributed by atoms with van der Waals surface area (Å²) >= 11 is 0. The van der Waals surface area contributed by atoms with Gasteiger partial charge in [0.25, 0.3) is 0 Å². The van der Waals surface area contributed by atoms with Gasteiger partial charge in [0.2, 0.25) is 11.9 Å². The number of nitro groups is 1. The second-order valence-corrected chi connectivity index (χ2v) is 4.88. The molecule has 0 aromatic carbocycles. The lowest BCUT2D eigenvalue weighted by atomic mass is 9.79. The predicted octanol–water partition coefficient (Wildman–Crippen LogP) is 1.49. The lowest BCUT2D eigenvalue weighted by molar-refractivity contribution is -0.530. The van der Waals surface area contributed by atoms with Crippen molar-refractivity contribution >= 4 is 5.91 Å². The highest BCUT2D eigenvalue weighted by Crippen LogP contribution is 2.31. The topological polar surface area (TPSA) is 72.2 Å². The van der Waals surface area contributed by atoms with Gasteiger partial charge in [0.05, 0.1) is 6.04 Å². The van der Waals surface area contributed by atoms with E-state index in [4.69, 9.17) is 0 Å². The number of amides is 1. The molecule has 1 amide bonds. The van der Waals surface area contributed by atoms with Gasteiger partial charge in [-0.05, 0) is 18.8 Å². The van der Waals surface area contributed by atoms with E-state index in [1.165, 1.54) is 6.42 Å². The number of carbonyl (C=O) groups is 1. The minimum atomic E-state index is -0.569. The molecule has 5 nitrogen and oxygen atoms in total. The van der Waals surface area contributed by atoms with E-state index >= 15 is 0 Å². The van der Waals surface area contributed by atoms with Gasteiger partial charge in [0, 0.05) is 17.8 Å². The summed E-state index contributed by atoms with van der Waals surface area (Å²) in [7, 11) is 0. The normalized spacial score (nSPS) is 32.1. The quantitative estimate of drug-likeness (QED) is 0.572. The lowest BCUT2D eigenvalue weighted by Crippen LogP contribution is -2.55. The van der Waals surface area contributed by atoms with Crippen molar-refractivity contribution in [3.05, 3.63) is 10.1 Å². The van der Waals surface area contributed by atoms with Crippen molar-refractivity contribution in [2.24, 2.45) is 5.92 Å². The first-order valence-electron chi connectivity index (χ1n) is 6.11. The number of hydrogen-bond acceptors (Lipinski definition) is 3. The molecule has 1 unspecified atom stereocenters. The molecule has 1 saturated heterocycles. The maximum Gasteiger partial charge on any atom is 0.233 e. The Kier molecular flexibility index (Phi) is 3.41. The summed E-state index contributed by atoms with van der Waals surface area (Å²) in [6, 6.07) is -0.794. The van der Waals surface area contributed by atoms with Gasteiger partial charge in [-0.15, -0.1) is 0 Å². The van der Waals surface area contributed by atoms with Gasteiger partial charge < -0.3 is 5.32 Å². The Morgan fingerprint density at radius 1 is 1.19 bits per heavy atom. The van der Waals surface area contributed by atoms with E-state index in [0.717, 1.165) is 25.7 Å². The standard InChI is InChI=1S/C11H18N2O3/c14-10-7-6-9(13(15)16)11(12-10)8-4-2-1-3-5-8/h8-9,11H,1-7H2,(H,12,14)/t9-,11?/m0/s1. The summed E-state index contributed by atoms with van der Waals surface area (Å²) in [6.45, 7) is 0. The van der Waals surface area contributed by atoms with E-state index in [-0.39, 0.29) is 16.9 Å². The first-order chi connectivity index (χ1) is 7.68. The molecule has 1 N–H and O–H groups in total. The zero-order valence-corrected chi connectivity index (χ0v) is 9.35. The summed E-state index contributed by atoms with van der Waals surface area (Å²) in [5, 5.41) is 13.8. The molecule has 2 fully saturated rings. The minimum Gasteiger partial charge on any atom is -0.346 e. The first-order valence-corrected chi connectivity index (χ1v) is 6.11. The molecular weight excluding hydrogens is 208 g/mol. The molecule has 0 aromatic heterocycles. The Labute approximate surface area is 94.7 Å². The number of piperidine rings is 1. The summed E-state index contributed by atoms with van der Waals surface area (Å²) in [5.41, 5.74) is 0. The number of nitrogens with one attached hydrogen (secondary N) is 1. The van der Waals surface area contributed by atoms with Gasteiger partial charge in [-0.3, -0.25) is 14.9 Å². The second kappa shape index (κ2) is 4.80. The third-order valence-corrected chi connectivity index (χ3v) is 3.84. The Hall–Kier alpha value is -1.13. The average Bonchev–Trinajstić information content (AvgIpc) is 2.29. The molecule has 0 aromatic rings. The molecule has 90 valence electrons. The fourth-order valence-electron chi connectivity index (χ4n) is 2.97. The number of hydrogen-bond donors (Lipinski definition) is 1. The number of rotatable bonds is 2. The smallest absolute Gasteiger partial charge is 0.233 e. The third-order valence-electron chi connectivity index (χ3n) is 3.84. The third kappa shape index (κ3) is 2.33. The van der Waals surface area contributed by atoms with Crippen molar-refractivity contribution in [3.8, 4) is 0 Å². The zero-order valence-electron chi connectivity index (χ0n) is 9.35. The SMILES string of the molecule is O=C1CC[C@H]([N+](=O)[O-])C(C2CCCCC2)N1. The molecule has 0 spiro atoms. The van der Waals surface area contributed by atoms with E-state index < -0.39 is 6.04 Å². The Morgan fingerprint density at radius 3 is 2.50 bits per heavy atom. The van der Waals surface area contributed by atoms with Crippen LogP contribution in [0.15, 0.2) is 0 Å². The Bertz CT molecular complexity index is 287. The van der Waals surface area contributed by atoms with Crippen molar-refractivity contribution in [1.29, 1.82) is 0 Å². The van der Waals surface area contributed by atoms with Crippen LogP contribution in [0.5, 0.6) is 0 Å². The summed E-state index contributed by atoms with van der Waals surface area (Å²) < 4.78 is 0. The summed E-state index contributed by atoms with van der Waals surface area (Å²) in [5.74, 6) is 0.294. The Balaban J connectivity index is 2.06. The molecule has 1 heterocycles. The van der Waals surface area contributed by atoms with Crippen molar-refractivity contribution in [2.45, 2.75) is 57.0 Å². The van der Waals surface area contributed by atoms with Gasteiger partial charge >= 0.3 is 0 Å². The van der Waals surface area contributed by atoms with Crippen LogP contribution in [0.25, 0.3) is 0 Å². The molecule has 1 aliphatic carbocycles. The summed E-state index contributed by atoms with van der Waals surface area (Å²) in [4.78, 5) is 22.1. The molecule has 0 radical (unpaired) electrons. The van der Waals surface area contributed by atoms with Crippen LogP contribution in [0.2, 0.25) is 0 Å². The van der Waals surface area contributed by atoms with Gasteiger partial charge in [-0.2, -0.15) is 0 Å². The minimum absolute atomic E-state index is 0.0197. The van der Waals surface area contributed by atoms with Gasteiger partial charge in [0.1, 0.15) is 0 Å². The highest BCUT2D eigenvalue weighted by molar-refractivity contribution is 5.77. The fraction of sp³-hybridized carbons (Fsp3) is 0.909. The van der Waals surface area contributed by atoms with Crippen LogP contribution in [0.3, 0.4) is 0 Å². The van der Waals surface area contributed by atoms with E-state index in [0.29, 0.717) is 18.8 Å². The van der Waals surface area contributed by atoms with Gasteiger partial charge in [0.15, 0.2) is 0 Å². The highest BCUT2D eigenvalue weighted by atomic mass is 16.6. The zero-order chi connectivity index (χ0) is 11.5. The van der Waals surface area contributed by atoms with Crippen LogP contribution in [-0.4, -0.2) is 22.9 Å². The first kappa shape index (κ1) is 11.4. The molecule has 0 bridgehead atoms. The van der Waals surface area contributed by atoms with Crippen LogP contribution >= 0.6 is 0 Å². The van der Waals surface area contributed by atoms with Crippen molar-refractivity contribution < 1.29 is 9.72 Å². The predicted molar refractivity (Wildman–Crippen MR) is 58.5 cm³/mol. The van der Waals surface area contributed by atoms with Crippen LogP contribution in [-0.2, 0) is 4.79 Å². The maximum atomic E-state index is 11.4. The van der Waals surface area contributed by atoms with Crippen LogP contribution in [0.4, 0.5) is 0 Å². The van der Waals surface area contributed by atoms with E-state index in [9.17, 15) is 14.9 Å². The average molecular weight is 226 g/mol. The Morgan fingerprint density at radius 2 is 1.88 bits per heavy atom. The van der Waals surface area contributed by atoms with Gasteiger partial charge in [-0.1, -0.05) is 19.3 Å². The monoisotopic (exact) mass is 226 g/mol. The van der Waals surface area contributed by atoms with E-state index in [2.05, 4.69) is 5.32 Å². The fourth-order valence-corrected chi connectivity index (χ4v) is 2.97. The molecule has 5 heteroatoms. The van der Waals surface area contributed by atoms with Crippen molar-refractivity contribution in [1.82, 2.24) is 5.32 Å². The van der Waals surface area contributed by atoms with E-state index in [1.807, 2.05) is 0 Å². The number of carbonyl (C=O) groups excluding carboxylic acids is 1. The largest absolute Gasteiger partial charge is 0.346 e. The van der Waals surface area contributed by atoms with Crippen molar-refractivity contribution in [2.75, 3.05) is 0 Å². The van der Waals surface area contributed by atoms with Crippen LogP contribution in [0.1, 0.15) is 44.9 Å². The van der Waals surface area contributed by atoms with Crippen LogP contribution < -0.4 is 5.32 Å². The maximum absolute atomic E-state index is 11.4. The van der Waals surface area contributed by atoms with Crippen LogP contribution in [0, 0.1) is 16.0 Å². The van der Waals surface area contributed by atoms with E-state index in [1.54, 1.807) is 0 Å². The molecule has 2 atom stereocenters. The second-order valence-electron chi connectivity index (χ2n) is 4.88. The molecule has 2 aliphatic rings. The molecule has 16 heavy (non-hydrogen) atoms.